The number of rotatable bonds is 5. The third-order valence-electron chi connectivity index (χ3n) is 2.02. The van der Waals surface area contributed by atoms with E-state index in [0.29, 0.717) is 5.92 Å². The Bertz CT molecular complexity index is 221. The predicted molar refractivity (Wildman–Crippen MR) is 51.3 cm³/mol. The van der Waals surface area contributed by atoms with Gasteiger partial charge in [0.15, 0.2) is 0 Å². The first-order chi connectivity index (χ1) is 6.24. The minimum absolute atomic E-state index is 0.0138. The molecule has 1 rings (SSSR count). The lowest BCUT2D eigenvalue weighted by atomic mass is 10.0. The molecule has 13 heavy (non-hydrogen) atoms. The fraction of sp³-hybridized carbons (Fsp3) is 0.600. The highest BCUT2D eigenvalue weighted by Gasteiger charge is 2.12. The first kappa shape index (κ1) is 10.3. The second-order valence-electron chi connectivity index (χ2n) is 3.42. The number of nitrogens with two attached hydrogens (primary N) is 1. The zero-order valence-corrected chi connectivity index (χ0v) is 8.19. The molecular formula is C10H17NO2. The average Bonchev–Trinajstić information content (AvgIpc) is 2.55. The molecule has 2 atom stereocenters. The largest absolute Gasteiger partial charge is 0.468 e. The van der Waals surface area contributed by atoms with Gasteiger partial charge in [0.05, 0.1) is 12.3 Å². The SMILES string of the molecule is COCC(C)CC(N)c1ccco1. The first-order valence-electron chi connectivity index (χ1n) is 4.52. The maximum Gasteiger partial charge on any atom is 0.120 e. The molecule has 0 spiro atoms. The van der Waals surface area contributed by atoms with Crippen LogP contribution in [0.3, 0.4) is 0 Å². The van der Waals surface area contributed by atoms with Gasteiger partial charge in [-0.1, -0.05) is 6.92 Å². The summed E-state index contributed by atoms with van der Waals surface area (Å²) in [4.78, 5) is 0. The Morgan fingerprint density at radius 1 is 1.62 bits per heavy atom. The van der Waals surface area contributed by atoms with Crippen LogP contribution in [-0.4, -0.2) is 13.7 Å². The van der Waals surface area contributed by atoms with E-state index in [1.165, 1.54) is 0 Å². The van der Waals surface area contributed by atoms with Crippen LogP contribution in [0.15, 0.2) is 22.8 Å². The van der Waals surface area contributed by atoms with E-state index in [1.54, 1.807) is 13.4 Å². The van der Waals surface area contributed by atoms with E-state index in [1.807, 2.05) is 12.1 Å². The maximum atomic E-state index is 5.92. The summed E-state index contributed by atoms with van der Waals surface area (Å²) in [5, 5.41) is 0. The highest BCUT2D eigenvalue weighted by atomic mass is 16.5. The van der Waals surface area contributed by atoms with E-state index in [9.17, 15) is 0 Å². The molecule has 0 aliphatic rings. The van der Waals surface area contributed by atoms with Gasteiger partial charge < -0.3 is 14.9 Å². The average molecular weight is 183 g/mol. The number of methoxy groups -OCH3 is 1. The van der Waals surface area contributed by atoms with E-state index in [0.717, 1.165) is 18.8 Å². The van der Waals surface area contributed by atoms with Crippen LogP contribution in [0.1, 0.15) is 25.1 Å². The third kappa shape index (κ3) is 3.20. The smallest absolute Gasteiger partial charge is 0.120 e. The summed E-state index contributed by atoms with van der Waals surface area (Å²) in [6.45, 7) is 2.86. The van der Waals surface area contributed by atoms with E-state index < -0.39 is 0 Å². The van der Waals surface area contributed by atoms with Gasteiger partial charge in [-0.2, -0.15) is 0 Å². The van der Waals surface area contributed by atoms with Gasteiger partial charge in [0.25, 0.3) is 0 Å². The normalized spacial score (nSPS) is 15.6. The van der Waals surface area contributed by atoms with Gasteiger partial charge >= 0.3 is 0 Å². The van der Waals surface area contributed by atoms with Gasteiger partial charge in [-0.3, -0.25) is 0 Å². The third-order valence-corrected chi connectivity index (χ3v) is 2.02. The molecule has 1 aromatic rings. The van der Waals surface area contributed by atoms with E-state index >= 15 is 0 Å². The molecule has 3 nitrogen and oxygen atoms in total. The van der Waals surface area contributed by atoms with Crippen molar-refractivity contribution in [2.75, 3.05) is 13.7 Å². The van der Waals surface area contributed by atoms with Crippen LogP contribution in [-0.2, 0) is 4.74 Å². The summed E-state index contributed by atoms with van der Waals surface area (Å²) < 4.78 is 10.2. The van der Waals surface area contributed by atoms with Crippen molar-refractivity contribution >= 4 is 0 Å². The van der Waals surface area contributed by atoms with Crippen molar-refractivity contribution in [1.82, 2.24) is 0 Å². The lowest BCUT2D eigenvalue weighted by Crippen LogP contribution is -2.15. The van der Waals surface area contributed by atoms with Crippen molar-refractivity contribution in [2.45, 2.75) is 19.4 Å². The van der Waals surface area contributed by atoms with Crippen LogP contribution in [0.25, 0.3) is 0 Å². The molecule has 0 fully saturated rings. The zero-order chi connectivity index (χ0) is 9.68. The fourth-order valence-corrected chi connectivity index (χ4v) is 1.40. The molecule has 0 aromatic carbocycles. The van der Waals surface area contributed by atoms with Crippen LogP contribution in [0.5, 0.6) is 0 Å². The van der Waals surface area contributed by atoms with Crippen molar-refractivity contribution in [2.24, 2.45) is 11.7 Å². The molecule has 0 radical (unpaired) electrons. The van der Waals surface area contributed by atoms with E-state index in [-0.39, 0.29) is 6.04 Å². The number of ether oxygens (including phenoxy) is 1. The molecule has 3 heteroatoms. The fourth-order valence-electron chi connectivity index (χ4n) is 1.40. The molecule has 0 saturated carbocycles. The van der Waals surface area contributed by atoms with Crippen molar-refractivity contribution in [1.29, 1.82) is 0 Å². The van der Waals surface area contributed by atoms with Gasteiger partial charge in [0.1, 0.15) is 5.76 Å². The van der Waals surface area contributed by atoms with Crippen molar-refractivity contribution in [3.05, 3.63) is 24.2 Å². The summed E-state index contributed by atoms with van der Waals surface area (Å²) in [5.74, 6) is 1.31. The maximum absolute atomic E-state index is 5.92. The molecule has 0 aliphatic heterocycles. The van der Waals surface area contributed by atoms with E-state index in [4.69, 9.17) is 14.9 Å². The zero-order valence-electron chi connectivity index (χ0n) is 8.19. The van der Waals surface area contributed by atoms with E-state index in [2.05, 4.69) is 6.92 Å². The second-order valence-corrected chi connectivity index (χ2v) is 3.42. The quantitative estimate of drug-likeness (QED) is 0.759. The van der Waals surface area contributed by atoms with Crippen molar-refractivity contribution in [3.8, 4) is 0 Å². The Labute approximate surface area is 78.9 Å². The summed E-state index contributed by atoms with van der Waals surface area (Å²) >= 11 is 0. The molecular weight excluding hydrogens is 166 g/mol. The Balaban J connectivity index is 2.37. The molecule has 0 saturated heterocycles. The molecule has 2 unspecified atom stereocenters. The van der Waals surface area contributed by atoms with Crippen molar-refractivity contribution < 1.29 is 9.15 Å². The molecule has 2 N–H and O–H groups in total. The minimum atomic E-state index is -0.0138. The Morgan fingerprint density at radius 2 is 2.38 bits per heavy atom. The van der Waals surface area contributed by atoms with Gasteiger partial charge in [-0.15, -0.1) is 0 Å². The van der Waals surface area contributed by atoms with Gasteiger partial charge in [0, 0.05) is 13.7 Å². The molecule has 0 bridgehead atoms. The van der Waals surface area contributed by atoms with Gasteiger partial charge in [-0.25, -0.2) is 0 Å². The molecule has 1 heterocycles. The standard InChI is InChI=1S/C10H17NO2/c1-8(7-12-2)6-9(11)10-4-3-5-13-10/h3-5,8-9H,6-7,11H2,1-2H3. The Hall–Kier alpha value is -0.800. The molecule has 1 aromatic heterocycles. The molecule has 74 valence electrons. The number of hydrogen-bond acceptors (Lipinski definition) is 3. The molecule has 0 aliphatic carbocycles. The minimum Gasteiger partial charge on any atom is -0.468 e. The van der Waals surface area contributed by atoms with Gasteiger partial charge in [0.2, 0.25) is 0 Å². The van der Waals surface area contributed by atoms with Crippen LogP contribution >= 0.6 is 0 Å². The van der Waals surface area contributed by atoms with Gasteiger partial charge in [-0.05, 0) is 24.5 Å². The lowest BCUT2D eigenvalue weighted by Gasteiger charge is -2.14. The topological polar surface area (TPSA) is 48.4 Å². The summed E-state index contributed by atoms with van der Waals surface area (Å²) in [5.41, 5.74) is 5.92. The monoisotopic (exact) mass is 183 g/mol. The van der Waals surface area contributed by atoms with Crippen LogP contribution < -0.4 is 5.73 Å². The van der Waals surface area contributed by atoms with Crippen LogP contribution in [0.4, 0.5) is 0 Å². The Morgan fingerprint density at radius 3 is 2.92 bits per heavy atom. The summed E-state index contributed by atoms with van der Waals surface area (Å²) in [6.07, 6.45) is 2.54. The Kier molecular flexibility index (Phi) is 3.99. The highest BCUT2D eigenvalue weighted by molar-refractivity contribution is 5.03. The van der Waals surface area contributed by atoms with Crippen LogP contribution in [0.2, 0.25) is 0 Å². The summed E-state index contributed by atoms with van der Waals surface area (Å²) in [6, 6.07) is 3.75. The lowest BCUT2D eigenvalue weighted by molar-refractivity contribution is 0.150. The number of hydrogen-bond donors (Lipinski definition) is 1. The number of furan rings is 1. The predicted octanol–water partition coefficient (Wildman–Crippen LogP) is 1.95. The first-order valence-corrected chi connectivity index (χ1v) is 4.52. The second kappa shape index (κ2) is 5.04. The molecule has 0 amide bonds. The summed E-state index contributed by atoms with van der Waals surface area (Å²) in [7, 11) is 1.70. The van der Waals surface area contributed by atoms with Crippen molar-refractivity contribution in [3.63, 3.8) is 0 Å². The van der Waals surface area contributed by atoms with Crippen LogP contribution in [0, 0.1) is 5.92 Å². The highest BCUT2D eigenvalue weighted by Crippen LogP contribution is 2.19.